The van der Waals surface area contributed by atoms with Crippen LogP contribution in [0.25, 0.3) is 23.4 Å². The highest BCUT2D eigenvalue weighted by Crippen LogP contribution is 2.37. The first kappa shape index (κ1) is 20.0. The molecule has 4 rings (SSSR count). The van der Waals surface area contributed by atoms with Gasteiger partial charge in [-0.25, -0.2) is 0 Å². The molecular formula is C24H27N3O3. The number of nitrogens with one attached hydrogen (secondary N) is 1. The Morgan fingerprint density at radius 3 is 2.47 bits per heavy atom. The zero-order chi connectivity index (χ0) is 20.8. The molecule has 1 fully saturated rings. The third-order valence-corrected chi connectivity index (χ3v) is 5.53. The van der Waals surface area contributed by atoms with E-state index in [-0.39, 0.29) is 0 Å². The number of rotatable bonds is 8. The molecule has 0 saturated heterocycles. The van der Waals surface area contributed by atoms with Gasteiger partial charge in [-0.15, -0.1) is 0 Å². The summed E-state index contributed by atoms with van der Waals surface area (Å²) in [6.45, 7) is 0.819. The van der Waals surface area contributed by atoms with Crippen molar-refractivity contribution in [2.45, 2.75) is 25.7 Å². The molecule has 6 heteroatoms. The molecular weight excluding hydrogens is 378 g/mol. The highest BCUT2D eigenvalue weighted by molar-refractivity contribution is 5.84. The van der Waals surface area contributed by atoms with E-state index >= 15 is 0 Å². The average molecular weight is 405 g/mol. The normalized spacial score (nSPS) is 14.3. The van der Waals surface area contributed by atoms with Crippen LogP contribution in [0.5, 0.6) is 17.2 Å². The molecule has 0 spiro atoms. The second-order valence-electron chi connectivity index (χ2n) is 7.51. The molecule has 1 heterocycles. The van der Waals surface area contributed by atoms with Crippen LogP contribution in [0.2, 0.25) is 0 Å². The number of aromatic amines is 1. The van der Waals surface area contributed by atoms with E-state index in [0.717, 1.165) is 34.8 Å². The Morgan fingerprint density at radius 1 is 1.00 bits per heavy atom. The Kier molecular flexibility index (Phi) is 6.32. The second kappa shape index (κ2) is 9.48. The molecule has 1 aliphatic carbocycles. The first-order valence-corrected chi connectivity index (χ1v) is 10.3. The van der Waals surface area contributed by atoms with E-state index < -0.39 is 0 Å². The fraction of sp³-hybridized carbons (Fsp3) is 0.333. The summed E-state index contributed by atoms with van der Waals surface area (Å²) in [7, 11) is 3.28. The Labute approximate surface area is 176 Å². The first-order chi connectivity index (χ1) is 14.8. The van der Waals surface area contributed by atoms with Gasteiger partial charge in [-0.2, -0.15) is 15.4 Å². The van der Waals surface area contributed by atoms with Crippen molar-refractivity contribution in [3.63, 3.8) is 0 Å². The van der Waals surface area contributed by atoms with Crippen LogP contribution in [0.15, 0.2) is 42.6 Å². The quantitative estimate of drug-likeness (QED) is 0.520. The number of hydrogen-bond donors (Lipinski definition) is 1. The summed E-state index contributed by atoms with van der Waals surface area (Å²) in [6.07, 6.45) is 11.0. The molecule has 0 unspecified atom stereocenters. The summed E-state index contributed by atoms with van der Waals surface area (Å²) in [5.41, 5.74) is 3.59. The van der Waals surface area contributed by atoms with Crippen molar-refractivity contribution < 1.29 is 14.2 Å². The Hall–Kier alpha value is -3.28. The maximum absolute atomic E-state index is 5.96. The second-order valence-corrected chi connectivity index (χ2v) is 7.51. The molecule has 1 aliphatic rings. The lowest BCUT2D eigenvalue weighted by Crippen LogP contribution is -2.07. The minimum Gasteiger partial charge on any atom is -0.497 e. The molecule has 30 heavy (non-hydrogen) atoms. The van der Waals surface area contributed by atoms with E-state index in [9.17, 15) is 0 Å². The van der Waals surface area contributed by atoms with Crippen LogP contribution in [0.4, 0.5) is 0 Å². The molecule has 156 valence electrons. The predicted molar refractivity (Wildman–Crippen MR) is 118 cm³/mol. The average Bonchev–Trinajstić information content (AvgIpc) is 3.50. The van der Waals surface area contributed by atoms with Gasteiger partial charge >= 0.3 is 0 Å². The summed E-state index contributed by atoms with van der Waals surface area (Å²) >= 11 is 0. The largest absolute Gasteiger partial charge is 0.497 e. The number of hydrogen-bond acceptors (Lipinski definition) is 5. The van der Waals surface area contributed by atoms with E-state index in [1.54, 1.807) is 20.4 Å². The maximum atomic E-state index is 5.96. The van der Waals surface area contributed by atoms with Crippen molar-refractivity contribution in [2.75, 3.05) is 20.8 Å². The third kappa shape index (κ3) is 4.64. The van der Waals surface area contributed by atoms with Crippen molar-refractivity contribution in [1.29, 1.82) is 0 Å². The van der Waals surface area contributed by atoms with E-state index in [1.165, 1.54) is 25.7 Å². The van der Waals surface area contributed by atoms with Crippen molar-refractivity contribution in [1.82, 2.24) is 15.4 Å². The first-order valence-electron chi connectivity index (χ1n) is 10.3. The minimum absolute atomic E-state index is 0.679. The highest BCUT2D eigenvalue weighted by atomic mass is 16.5. The van der Waals surface area contributed by atoms with Gasteiger partial charge in [0, 0.05) is 6.07 Å². The lowest BCUT2D eigenvalue weighted by atomic mass is 10.0. The van der Waals surface area contributed by atoms with E-state index in [4.69, 9.17) is 14.2 Å². The smallest absolute Gasteiger partial charge is 0.132 e. The third-order valence-electron chi connectivity index (χ3n) is 5.53. The molecule has 6 nitrogen and oxygen atoms in total. The monoisotopic (exact) mass is 405 g/mol. The van der Waals surface area contributed by atoms with Crippen molar-refractivity contribution >= 4 is 12.2 Å². The van der Waals surface area contributed by atoms with E-state index in [1.807, 2.05) is 30.3 Å². The van der Waals surface area contributed by atoms with E-state index in [0.29, 0.717) is 17.4 Å². The van der Waals surface area contributed by atoms with Crippen molar-refractivity contribution in [3.8, 4) is 28.5 Å². The van der Waals surface area contributed by atoms with Crippen molar-refractivity contribution in [3.05, 3.63) is 53.7 Å². The number of aromatic nitrogens is 3. The Bertz CT molecular complexity index is 976. The van der Waals surface area contributed by atoms with Gasteiger partial charge in [0.05, 0.1) is 32.6 Å². The molecule has 0 amide bonds. The summed E-state index contributed by atoms with van der Waals surface area (Å²) < 4.78 is 17.0. The maximum Gasteiger partial charge on any atom is 0.132 e. The van der Waals surface area contributed by atoms with Crippen LogP contribution < -0.4 is 14.2 Å². The molecule has 0 aliphatic heterocycles. The van der Waals surface area contributed by atoms with Gasteiger partial charge in [0.1, 0.15) is 22.9 Å². The zero-order valence-electron chi connectivity index (χ0n) is 17.4. The lowest BCUT2D eigenvalue weighted by molar-refractivity contribution is 0.252. The Morgan fingerprint density at radius 2 is 1.80 bits per heavy atom. The van der Waals surface area contributed by atoms with Crippen LogP contribution in [-0.4, -0.2) is 36.2 Å². The number of H-pyrrole nitrogens is 1. The fourth-order valence-electron chi connectivity index (χ4n) is 3.87. The molecule has 3 aromatic rings. The summed E-state index contributed by atoms with van der Waals surface area (Å²) in [5, 5.41) is 10.8. The molecule has 0 atom stereocenters. The topological polar surface area (TPSA) is 69.3 Å². The molecule has 1 saturated carbocycles. The summed E-state index contributed by atoms with van der Waals surface area (Å²) in [4.78, 5) is 0. The van der Waals surface area contributed by atoms with Crippen LogP contribution in [-0.2, 0) is 0 Å². The lowest BCUT2D eigenvalue weighted by Gasteiger charge is -2.12. The summed E-state index contributed by atoms with van der Waals surface area (Å²) in [5.74, 6) is 3.03. The number of methoxy groups -OCH3 is 2. The fourth-order valence-corrected chi connectivity index (χ4v) is 3.87. The van der Waals surface area contributed by atoms with Gasteiger partial charge in [-0.1, -0.05) is 37.1 Å². The molecule has 1 N–H and O–H groups in total. The van der Waals surface area contributed by atoms with Gasteiger partial charge in [0.2, 0.25) is 0 Å². The van der Waals surface area contributed by atoms with Crippen LogP contribution in [0.3, 0.4) is 0 Å². The highest BCUT2D eigenvalue weighted by Gasteiger charge is 2.16. The van der Waals surface area contributed by atoms with Crippen molar-refractivity contribution in [2.24, 2.45) is 5.92 Å². The standard InChI is InChI=1S/C24H27N3O3/c1-28-21-13-19(24(23(14-21)29-2)22-15-25-27-26-22)10-7-17-8-11-20(12-9-17)30-16-18-5-3-4-6-18/h7-15,18H,3-6,16H2,1-2H3,(H,25,26,27)/b10-7+. The number of ether oxygens (including phenoxy) is 3. The van der Waals surface area contributed by atoms with Gasteiger partial charge < -0.3 is 14.2 Å². The zero-order valence-corrected chi connectivity index (χ0v) is 17.4. The Balaban J connectivity index is 1.54. The summed E-state index contributed by atoms with van der Waals surface area (Å²) in [6, 6.07) is 12.0. The van der Waals surface area contributed by atoms with Gasteiger partial charge in [-0.05, 0) is 48.1 Å². The predicted octanol–water partition coefficient (Wildman–Crippen LogP) is 5.23. The molecule has 0 radical (unpaired) electrons. The van der Waals surface area contributed by atoms with Crippen LogP contribution in [0.1, 0.15) is 36.8 Å². The molecule has 0 bridgehead atoms. The molecule has 1 aromatic heterocycles. The number of benzene rings is 2. The SMILES string of the molecule is COc1cc(/C=C/c2ccc(OCC3CCCC3)cc2)c(-c2cn[nH]n2)c(OC)c1. The van der Waals surface area contributed by atoms with Gasteiger partial charge in [0.15, 0.2) is 0 Å². The van der Waals surface area contributed by atoms with Gasteiger partial charge in [-0.3, -0.25) is 0 Å². The van der Waals surface area contributed by atoms with Gasteiger partial charge in [0.25, 0.3) is 0 Å². The minimum atomic E-state index is 0.679. The van der Waals surface area contributed by atoms with E-state index in [2.05, 4.69) is 33.6 Å². The van der Waals surface area contributed by atoms with Crippen LogP contribution in [0, 0.1) is 5.92 Å². The molecule has 2 aromatic carbocycles. The number of nitrogens with zero attached hydrogens (tertiary/aromatic N) is 2. The van der Waals surface area contributed by atoms with Crippen LogP contribution >= 0.6 is 0 Å².